The van der Waals surface area contributed by atoms with Crippen LogP contribution in [0.3, 0.4) is 0 Å². The molecule has 0 saturated heterocycles. The van der Waals surface area contributed by atoms with Gasteiger partial charge in [0.15, 0.2) is 0 Å². The molecule has 0 aliphatic carbocycles. The highest BCUT2D eigenvalue weighted by Crippen LogP contribution is 2.40. The van der Waals surface area contributed by atoms with E-state index in [0.29, 0.717) is 29.1 Å². The Morgan fingerprint density at radius 1 is 1.16 bits per heavy atom. The van der Waals surface area contributed by atoms with Crippen LogP contribution in [-0.4, -0.2) is 5.91 Å². The molecule has 0 fully saturated rings. The van der Waals surface area contributed by atoms with E-state index in [1.54, 1.807) is 0 Å². The minimum atomic E-state index is -0.204. The summed E-state index contributed by atoms with van der Waals surface area (Å²) in [7, 11) is 0. The SMILES string of the molecule is Cc1cccc(C2Cc3c(sc(NC(=O)c4cccc5ccccc45)c3C#N)CN2)c1N. The highest BCUT2D eigenvalue weighted by Gasteiger charge is 2.28. The van der Waals surface area contributed by atoms with E-state index >= 15 is 0 Å². The number of fused-ring (bicyclic) bond motifs is 2. The van der Waals surface area contributed by atoms with Crippen molar-refractivity contribution in [2.75, 3.05) is 11.1 Å². The molecular formula is C26H22N4OS. The summed E-state index contributed by atoms with van der Waals surface area (Å²) in [6.07, 6.45) is 0.659. The Morgan fingerprint density at radius 3 is 2.78 bits per heavy atom. The third kappa shape index (κ3) is 3.42. The average molecular weight is 439 g/mol. The zero-order valence-corrected chi connectivity index (χ0v) is 18.4. The number of benzene rings is 3. The molecule has 1 aliphatic rings. The van der Waals surface area contributed by atoms with Gasteiger partial charge in [0.05, 0.1) is 5.56 Å². The summed E-state index contributed by atoms with van der Waals surface area (Å²) in [5.74, 6) is -0.204. The normalized spacial score (nSPS) is 15.2. The average Bonchev–Trinajstić information content (AvgIpc) is 3.16. The first-order valence-corrected chi connectivity index (χ1v) is 11.3. The van der Waals surface area contributed by atoms with Gasteiger partial charge in [-0.25, -0.2) is 0 Å². The van der Waals surface area contributed by atoms with E-state index in [2.05, 4.69) is 16.7 Å². The monoisotopic (exact) mass is 438 g/mol. The van der Waals surface area contributed by atoms with Crippen LogP contribution in [-0.2, 0) is 13.0 Å². The van der Waals surface area contributed by atoms with Crippen molar-refractivity contribution in [2.45, 2.75) is 25.9 Å². The Hall–Kier alpha value is -3.66. The molecule has 4 N–H and O–H groups in total. The van der Waals surface area contributed by atoms with Crippen LogP contribution >= 0.6 is 11.3 Å². The van der Waals surface area contributed by atoms with Gasteiger partial charge in [0.2, 0.25) is 0 Å². The summed E-state index contributed by atoms with van der Waals surface area (Å²) < 4.78 is 0. The number of thiophene rings is 1. The fraction of sp³-hybridized carbons (Fsp3) is 0.154. The Morgan fingerprint density at radius 2 is 1.94 bits per heavy atom. The Balaban J connectivity index is 1.46. The molecule has 5 rings (SSSR count). The molecule has 1 unspecified atom stereocenters. The number of para-hydroxylation sites is 1. The van der Waals surface area contributed by atoms with E-state index in [0.717, 1.165) is 38.0 Å². The van der Waals surface area contributed by atoms with Gasteiger partial charge in [-0.05, 0) is 46.9 Å². The number of carbonyl (C=O) groups is 1. The number of rotatable bonds is 3. The highest BCUT2D eigenvalue weighted by atomic mass is 32.1. The van der Waals surface area contributed by atoms with Crippen molar-refractivity contribution in [3.05, 3.63) is 93.4 Å². The van der Waals surface area contributed by atoms with Crippen LogP contribution in [0.2, 0.25) is 0 Å². The third-order valence-corrected chi connectivity index (χ3v) is 7.26. The molecule has 0 spiro atoms. The van der Waals surface area contributed by atoms with E-state index in [-0.39, 0.29) is 11.9 Å². The van der Waals surface area contributed by atoms with Crippen LogP contribution in [0.1, 0.15) is 43.5 Å². The summed E-state index contributed by atoms with van der Waals surface area (Å²) >= 11 is 1.47. The van der Waals surface area contributed by atoms with Gasteiger partial charge in [-0.2, -0.15) is 5.26 Å². The minimum Gasteiger partial charge on any atom is -0.398 e. The lowest BCUT2D eigenvalue weighted by Crippen LogP contribution is -2.28. The van der Waals surface area contributed by atoms with Crippen LogP contribution in [0.25, 0.3) is 10.8 Å². The second-order valence-electron chi connectivity index (χ2n) is 8.02. The maximum absolute atomic E-state index is 13.1. The van der Waals surface area contributed by atoms with Crippen LogP contribution in [0.4, 0.5) is 10.7 Å². The molecule has 158 valence electrons. The van der Waals surface area contributed by atoms with Crippen LogP contribution < -0.4 is 16.4 Å². The van der Waals surface area contributed by atoms with Crippen LogP contribution in [0, 0.1) is 18.3 Å². The minimum absolute atomic E-state index is 0.0331. The van der Waals surface area contributed by atoms with Crippen molar-refractivity contribution in [1.29, 1.82) is 5.26 Å². The molecule has 6 heteroatoms. The molecule has 32 heavy (non-hydrogen) atoms. The highest BCUT2D eigenvalue weighted by molar-refractivity contribution is 7.16. The number of hydrogen-bond donors (Lipinski definition) is 3. The first-order valence-electron chi connectivity index (χ1n) is 10.5. The fourth-order valence-corrected chi connectivity index (χ4v) is 5.52. The number of nitriles is 1. The summed E-state index contributed by atoms with van der Waals surface area (Å²) in [5.41, 5.74) is 11.3. The number of nitrogen functional groups attached to an aromatic ring is 1. The fourth-order valence-electron chi connectivity index (χ4n) is 4.39. The van der Waals surface area contributed by atoms with Gasteiger partial charge in [0, 0.05) is 28.7 Å². The number of aryl methyl sites for hydroxylation is 1. The van der Waals surface area contributed by atoms with Crippen LogP contribution in [0.5, 0.6) is 0 Å². The summed E-state index contributed by atoms with van der Waals surface area (Å²) in [5, 5.41) is 19.0. The lowest BCUT2D eigenvalue weighted by molar-refractivity contribution is 0.102. The Kier molecular flexibility index (Phi) is 5.14. The number of carbonyl (C=O) groups excluding carboxylic acids is 1. The van der Waals surface area contributed by atoms with E-state index in [9.17, 15) is 10.1 Å². The van der Waals surface area contributed by atoms with Gasteiger partial charge in [-0.15, -0.1) is 11.3 Å². The largest absolute Gasteiger partial charge is 0.398 e. The van der Waals surface area contributed by atoms with Crippen molar-refractivity contribution in [1.82, 2.24) is 5.32 Å². The molecule has 1 atom stereocenters. The molecule has 4 aromatic rings. The lowest BCUT2D eigenvalue weighted by atomic mass is 9.91. The standard InChI is InChI=1S/C26H22N4OS/c1-15-6-4-11-19(24(15)28)22-12-20-21(13-27)26(32-23(20)14-29-22)30-25(31)18-10-5-8-16-7-2-3-9-17(16)18/h2-11,22,29H,12,14,28H2,1H3,(H,30,31). The number of amides is 1. The molecule has 5 nitrogen and oxygen atoms in total. The zero-order chi connectivity index (χ0) is 22.2. The molecule has 1 aliphatic heterocycles. The zero-order valence-electron chi connectivity index (χ0n) is 17.6. The topological polar surface area (TPSA) is 90.9 Å². The molecule has 2 heterocycles. The first-order chi connectivity index (χ1) is 15.6. The van der Waals surface area contributed by atoms with Gasteiger partial charge in [0.1, 0.15) is 11.1 Å². The summed E-state index contributed by atoms with van der Waals surface area (Å²) in [6.45, 7) is 2.64. The van der Waals surface area contributed by atoms with Crippen molar-refractivity contribution in [3.8, 4) is 6.07 Å². The molecule has 0 radical (unpaired) electrons. The van der Waals surface area contributed by atoms with E-state index < -0.39 is 0 Å². The predicted octanol–water partition coefficient (Wildman–Crippen LogP) is 5.30. The predicted molar refractivity (Wildman–Crippen MR) is 130 cm³/mol. The van der Waals surface area contributed by atoms with Gasteiger partial charge in [0.25, 0.3) is 5.91 Å². The molecule has 0 saturated carbocycles. The maximum atomic E-state index is 13.1. The molecule has 1 aromatic heterocycles. The number of nitrogens with one attached hydrogen (secondary N) is 2. The molecule has 3 aromatic carbocycles. The van der Waals surface area contributed by atoms with E-state index in [1.165, 1.54) is 11.3 Å². The number of nitrogens with two attached hydrogens (primary N) is 1. The van der Waals surface area contributed by atoms with Gasteiger partial charge >= 0.3 is 0 Å². The second-order valence-corrected chi connectivity index (χ2v) is 9.12. The third-order valence-electron chi connectivity index (χ3n) is 6.11. The molecule has 0 bridgehead atoms. The van der Waals surface area contributed by atoms with E-state index in [1.807, 2.05) is 67.6 Å². The quantitative estimate of drug-likeness (QED) is 0.378. The van der Waals surface area contributed by atoms with Crippen molar-refractivity contribution in [2.24, 2.45) is 0 Å². The summed E-state index contributed by atoms with van der Waals surface area (Å²) in [4.78, 5) is 14.2. The summed E-state index contributed by atoms with van der Waals surface area (Å²) in [6, 6.07) is 21.9. The Bertz CT molecular complexity index is 1390. The van der Waals surface area contributed by atoms with Crippen LogP contribution in [0.15, 0.2) is 60.7 Å². The van der Waals surface area contributed by atoms with Crippen molar-refractivity contribution >= 4 is 38.7 Å². The van der Waals surface area contributed by atoms with Crippen molar-refractivity contribution in [3.63, 3.8) is 0 Å². The smallest absolute Gasteiger partial charge is 0.256 e. The number of nitrogens with zero attached hydrogens (tertiary/aromatic N) is 1. The lowest BCUT2D eigenvalue weighted by Gasteiger charge is -2.26. The number of hydrogen-bond acceptors (Lipinski definition) is 5. The molecular weight excluding hydrogens is 416 g/mol. The number of anilines is 2. The Labute approximate surface area is 190 Å². The van der Waals surface area contributed by atoms with Gasteiger partial charge in [-0.3, -0.25) is 4.79 Å². The second kappa shape index (κ2) is 8.12. The van der Waals surface area contributed by atoms with Gasteiger partial charge < -0.3 is 16.4 Å². The van der Waals surface area contributed by atoms with Crippen molar-refractivity contribution < 1.29 is 4.79 Å². The molecule has 1 amide bonds. The maximum Gasteiger partial charge on any atom is 0.256 e. The first kappa shape index (κ1) is 20.3. The van der Waals surface area contributed by atoms with E-state index in [4.69, 9.17) is 5.73 Å². The van der Waals surface area contributed by atoms with Gasteiger partial charge in [-0.1, -0.05) is 54.6 Å².